The molecule has 0 amide bonds. The number of sulfonamides is 1. The Morgan fingerprint density at radius 2 is 1.54 bits per heavy atom. The number of hydrogen-bond donors (Lipinski definition) is 0. The normalized spacial score (nSPS) is 11.1. The minimum Gasteiger partial charge on any atom is -0.465 e. The molecule has 4 rings (SSSR count). The number of nitrogens with zero attached hydrogens (tertiary/aromatic N) is 4. The summed E-state index contributed by atoms with van der Waals surface area (Å²) in [7, 11) is -2.63. The quantitative estimate of drug-likeness (QED) is 0.274. The van der Waals surface area contributed by atoms with Gasteiger partial charge in [0.25, 0.3) is 10.0 Å². The van der Waals surface area contributed by atoms with Gasteiger partial charge in [-0.25, -0.2) is 17.9 Å². The third kappa shape index (κ3) is 5.12. The van der Waals surface area contributed by atoms with E-state index >= 15 is 0 Å². The average Bonchev–Trinajstić information content (AvgIpc) is 3.36. The van der Waals surface area contributed by atoms with E-state index in [4.69, 9.17) is 4.74 Å². The Labute approximate surface area is 202 Å². The summed E-state index contributed by atoms with van der Waals surface area (Å²) in [6.45, 7) is 1.36. The summed E-state index contributed by atoms with van der Waals surface area (Å²) in [5.41, 5.74) is 2.30. The second-order valence-electron chi connectivity index (χ2n) is 7.62. The van der Waals surface area contributed by atoms with Crippen LogP contribution in [0.4, 0.5) is 5.69 Å². The van der Waals surface area contributed by atoms with Crippen molar-refractivity contribution in [1.82, 2.24) is 15.0 Å². The van der Waals surface area contributed by atoms with Crippen LogP contribution < -0.4 is 4.31 Å². The number of methoxy groups -OCH3 is 1. The summed E-state index contributed by atoms with van der Waals surface area (Å²) in [6, 6.07) is 21.0. The number of aromatic nitrogens is 3. The second kappa shape index (κ2) is 9.90. The fourth-order valence-corrected chi connectivity index (χ4v) is 4.87. The number of esters is 1. The third-order valence-corrected chi connectivity index (χ3v) is 7.08. The molecule has 0 radical (unpaired) electrons. The van der Waals surface area contributed by atoms with Crippen molar-refractivity contribution >= 4 is 27.5 Å². The molecule has 0 atom stereocenters. The molecule has 10 heteroatoms. The minimum absolute atomic E-state index is 0.0864. The molecule has 1 aromatic heterocycles. The Morgan fingerprint density at radius 3 is 2.14 bits per heavy atom. The van der Waals surface area contributed by atoms with Gasteiger partial charge in [-0.05, 0) is 67.6 Å². The third-order valence-electron chi connectivity index (χ3n) is 5.29. The lowest BCUT2D eigenvalue weighted by Crippen LogP contribution is -2.30. The molecule has 1 heterocycles. The molecular weight excluding hydrogens is 468 g/mol. The number of Topliss-reactive ketones (excluding diaryl/α,β-unsaturated/α-hetero) is 1. The van der Waals surface area contributed by atoms with Crippen LogP contribution in [0.1, 0.15) is 33.3 Å². The summed E-state index contributed by atoms with van der Waals surface area (Å²) < 4.78 is 34.5. The summed E-state index contributed by atoms with van der Waals surface area (Å²) in [5, 5.41) is 8.25. The van der Waals surface area contributed by atoms with Crippen LogP contribution in [-0.2, 0) is 21.3 Å². The van der Waals surface area contributed by atoms with E-state index in [1.165, 1.54) is 35.2 Å². The first-order valence-corrected chi connectivity index (χ1v) is 12.0. The zero-order chi connectivity index (χ0) is 25.0. The van der Waals surface area contributed by atoms with Crippen LogP contribution in [0, 0.1) is 0 Å². The number of hydrogen-bond acceptors (Lipinski definition) is 7. The molecule has 0 N–H and O–H groups in total. The van der Waals surface area contributed by atoms with Crippen LogP contribution in [0.5, 0.6) is 0 Å². The Kier molecular flexibility index (Phi) is 6.74. The van der Waals surface area contributed by atoms with Crippen LogP contribution in [0.3, 0.4) is 0 Å². The van der Waals surface area contributed by atoms with Crippen molar-refractivity contribution in [2.45, 2.75) is 18.4 Å². The highest BCUT2D eigenvalue weighted by Crippen LogP contribution is 2.26. The monoisotopic (exact) mass is 490 g/mol. The van der Waals surface area contributed by atoms with Gasteiger partial charge in [-0.3, -0.25) is 9.10 Å². The maximum absolute atomic E-state index is 13.5. The van der Waals surface area contributed by atoms with Gasteiger partial charge in [-0.2, -0.15) is 0 Å². The Balaban J connectivity index is 1.67. The van der Waals surface area contributed by atoms with Crippen molar-refractivity contribution in [3.05, 3.63) is 102 Å². The predicted octanol–water partition coefficient (Wildman–Crippen LogP) is 3.65. The number of ketones is 1. The number of carbonyl (C=O) groups excluding carboxylic acids is 2. The smallest absolute Gasteiger partial charge is 0.337 e. The SMILES string of the molecule is COC(=O)c1ccc(-n2cc(CN(c3ccc(C(C)=O)cc3)S(=O)(=O)c3ccccc3)nn2)cc1. The van der Waals surface area contributed by atoms with E-state index < -0.39 is 16.0 Å². The maximum atomic E-state index is 13.5. The minimum atomic E-state index is -3.94. The van der Waals surface area contributed by atoms with Gasteiger partial charge in [0.15, 0.2) is 5.78 Å². The summed E-state index contributed by atoms with van der Waals surface area (Å²) in [5.74, 6) is -0.566. The molecular formula is C25H22N4O5S. The van der Waals surface area contributed by atoms with Gasteiger partial charge in [-0.1, -0.05) is 23.4 Å². The molecule has 0 bridgehead atoms. The molecule has 3 aromatic carbocycles. The van der Waals surface area contributed by atoms with Gasteiger partial charge < -0.3 is 4.74 Å². The van der Waals surface area contributed by atoms with Crippen molar-refractivity contribution < 1.29 is 22.7 Å². The van der Waals surface area contributed by atoms with Crippen LogP contribution in [0.15, 0.2) is 90.0 Å². The Hall–Kier alpha value is -4.31. The van der Waals surface area contributed by atoms with Crippen molar-refractivity contribution in [3.63, 3.8) is 0 Å². The zero-order valence-electron chi connectivity index (χ0n) is 19.0. The Morgan fingerprint density at radius 1 is 0.914 bits per heavy atom. The first-order chi connectivity index (χ1) is 16.8. The molecule has 0 spiro atoms. The van der Waals surface area contributed by atoms with E-state index in [2.05, 4.69) is 10.3 Å². The van der Waals surface area contributed by atoms with Crippen LogP contribution in [0.2, 0.25) is 0 Å². The van der Waals surface area contributed by atoms with E-state index in [9.17, 15) is 18.0 Å². The number of anilines is 1. The fourth-order valence-electron chi connectivity index (χ4n) is 3.41. The van der Waals surface area contributed by atoms with Gasteiger partial charge in [0, 0.05) is 5.56 Å². The largest absolute Gasteiger partial charge is 0.465 e. The number of benzene rings is 3. The fraction of sp³-hybridized carbons (Fsp3) is 0.120. The molecule has 0 saturated carbocycles. The van der Waals surface area contributed by atoms with E-state index in [1.54, 1.807) is 72.9 Å². The molecule has 0 unspecified atom stereocenters. The lowest BCUT2D eigenvalue weighted by molar-refractivity contribution is 0.0600. The van der Waals surface area contributed by atoms with Gasteiger partial charge in [0.05, 0.1) is 41.7 Å². The summed E-state index contributed by atoms with van der Waals surface area (Å²) in [4.78, 5) is 23.4. The lowest BCUT2D eigenvalue weighted by atomic mass is 10.1. The van der Waals surface area contributed by atoms with E-state index in [1.807, 2.05) is 0 Å². The first-order valence-electron chi connectivity index (χ1n) is 10.6. The van der Waals surface area contributed by atoms with Crippen molar-refractivity contribution in [1.29, 1.82) is 0 Å². The van der Waals surface area contributed by atoms with Gasteiger partial charge in [-0.15, -0.1) is 5.10 Å². The van der Waals surface area contributed by atoms with Crippen LogP contribution in [-0.4, -0.2) is 42.3 Å². The standard InChI is InChI=1S/C25H22N4O5S/c1-18(30)19-8-14-23(15-9-19)29(35(32,33)24-6-4-3-5-7-24)17-21-16-28(27-26-21)22-12-10-20(11-13-22)25(31)34-2/h3-16H,17H2,1-2H3. The highest BCUT2D eigenvalue weighted by Gasteiger charge is 2.26. The van der Waals surface area contributed by atoms with Crippen molar-refractivity contribution in [3.8, 4) is 5.69 Å². The zero-order valence-corrected chi connectivity index (χ0v) is 19.8. The molecule has 0 aliphatic heterocycles. The molecule has 4 aromatic rings. The van der Waals surface area contributed by atoms with Gasteiger partial charge >= 0.3 is 5.97 Å². The number of rotatable bonds is 8. The number of ether oxygens (including phenoxy) is 1. The molecule has 0 fully saturated rings. The van der Waals surface area contributed by atoms with Crippen molar-refractivity contribution in [2.75, 3.05) is 11.4 Å². The predicted molar refractivity (Wildman–Crippen MR) is 129 cm³/mol. The van der Waals surface area contributed by atoms with E-state index in [0.29, 0.717) is 28.2 Å². The lowest BCUT2D eigenvalue weighted by Gasteiger charge is -2.23. The van der Waals surface area contributed by atoms with Crippen LogP contribution in [0.25, 0.3) is 5.69 Å². The number of carbonyl (C=O) groups is 2. The summed E-state index contributed by atoms with van der Waals surface area (Å²) in [6.07, 6.45) is 1.62. The molecule has 35 heavy (non-hydrogen) atoms. The molecule has 178 valence electrons. The van der Waals surface area contributed by atoms with Crippen LogP contribution >= 0.6 is 0 Å². The first kappa shape index (κ1) is 23.8. The molecule has 0 saturated heterocycles. The van der Waals surface area contributed by atoms with E-state index in [0.717, 1.165) is 0 Å². The molecule has 9 nitrogen and oxygen atoms in total. The highest BCUT2D eigenvalue weighted by molar-refractivity contribution is 7.92. The molecule has 0 aliphatic carbocycles. The second-order valence-corrected chi connectivity index (χ2v) is 9.48. The van der Waals surface area contributed by atoms with Gasteiger partial charge in [0.1, 0.15) is 5.69 Å². The van der Waals surface area contributed by atoms with Gasteiger partial charge in [0.2, 0.25) is 0 Å². The highest BCUT2D eigenvalue weighted by atomic mass is 32.2. The molecule has 0 aliphatic rings. The van der Waals surface area contributed by atoms with Crippen molar-refractivity contribution in [2.24, 2.45) is 0 Å². The maximum Gasteiger partial charge on any atom is 0.337 e. The van der Waals surface area contributed by atoms with E-state index in [-0.39, 0.29) is 17.2 Å². The summed E-state index contributed by atoms with van der Waals surface area (Å²) >= 11 is 0. The average molecular weight is 491 g/mol. The Bertz CT molecular complexity index is 1450. The topological polar surface area (TPSA) is 111 Å².